The first kappa shape index (κ1) is 19.2. The van der Waals surface area contributed by atoms with Gasteiger partial charge < -0.3 is 9.84 Å². The molecule has 4 rings (SSSR count). The lowest BCUT2D eigenvalue weighted by Gasteiger charge is -2.31. The van der Waals surface area contributed by atoms with Gasteiger partial charge in [0.05, 0.1) is 0 Å². The van der Waals surface area contributed by atoms with Crippen molar-refractivity contribution in [1.82, 2.24) is 5.32 Å². The Bertz CT molecular complexity index is 864. The van der Waals surface area contributed by atoms with Crippen LogP contribution in [-0.4, -0.2) is 23.5 Å². The first-order chi connectivity index (χ1) is 12.2. The maximum absolute atomic E-state index is 10.2. The molecular weight excluding hydrogens is 366 g/mol. The number of ether oxygens (including phenoxy) is 1. The Morgan fingerprint density at radius 3 is 2.77 bits per heavy atom. The van der Waals surface area contributed by atoms with Gasteiger partial charge in [-0.05, 0) is 72.3 Å². The molecule has 1 aromatic heterocycles. The van der Waals surface area contributed by atoms with Crippen LogP contribution in [0.2, 0.25) is 0 Å². The van der Waals surface area contributed by atoms with Gasteiger partial charge in [0.1, 0.15) is 11.9 Å². The number of aliphatic hydroxyl groups excluding tert-OH is 1. The van der Waals surface area contributed by atoms with E-state index in [2.05, 4.69) is 47.1 Å². The highest BCUT2D eigenvalue weighted by Crippen LogP contribution is 2.26. The predicted molar refractivity (Wildman–Crippen MR) is 111 cm³/mol. The van der Waals surface area contributed by atoms with E-state index in [0.29, 0.717) is 6.04 Å². The molecule has 3 nitrogen and oxygen atoms in total. The summed E-state index contributed by atoms with van der Waals surface area (Å²) in [5, 5.41) is 17.0. The van der Waals surface area contributed by atoms with Crippen LogP contribution < -0.4 is 10.1 Å². The Hall–Kier alpha value is -1.59. The second-order valence-corrected chi connectivity index (χ2v) is 7.72. The van der Waals surface area contributed by atoms with Crippen molar-refractivity contribution in [3.63, 3.8) is 0 Å². The van der Waals surface area contributed by atoms with Crippen molar-refractivity contribution < 1.29 is 9.84 Å². The van der Waals surface area contributed by atoms with Crippen molar-refractivity contribution in [3.05, 3.63) is 65.0 Å². The Kier molecular flexibility index (Phi) is 6.20. The third-order valence-electron chi connectivity index (χ3n) is 4.87. The molecule has 1 heterocycles. The third-order valence-corrected chi connectivity index (χ3v) is 5.77. The molecule has 0 radical (unpaired) electrons. The van der Waals surface area contributed by atoms with E-state index >= 15 is 0 Å². The zero-order valence-corrected chi connectivity index (χ0v) is 16.4. The fourth-order valence-corrected chi connectivity index (χ4v) is 4.28. The van der Waals surface area contributed by atoms with Gasteiger partial charge in [0.2, 0.25) is 0 Å². The summed E-state index contributed by atoms with van der Waals surface area (Å²) < 4.78 is 7.34. The topological polar surface area (TPSA) is 41.5 Å². The molecule has 3 aromatic rings. The van der Waals surface area contributed by atoms with E-state index in [-0.39, 0.29) is 12.4 Å². The largest absolute Gasteiger partial charge is 0.473 e. The average molecular weight is 390 g/mol. The summed E-state index contributed by atoms with van der Waals surface area (Å²) in [4.78, 5) is 0. The highest BCUT2D eigenvalue weighted by Gasteiger charge is 2.24. The Balaban J connectivity index is 0.00000196. The molecule has 1 aliphatic carbocycles. The summed E-state index contributed by atoms with van der Waals surface area (Å²) in [5.41, 5.74) is 2.84. The molecule has 5 heteroatoms. The molecular formula is C21H24ClNO2S. The maximum atomic E-state index is 10.2. The molecule has 0 saturated heterocycles. The minimum Gasteiger partial charge on any atom is -0.473 e. The van der Waals surface area contributed by atoms with Gasteiger partial charge in [0.15, 0.2) is 6.23 Å². The highest BCUT2D eigenvalue weighted by atomic mass is 35.5. The molecule has 1 aliphatic rings. The molecule has 0 bridgehead atoms. The van der Waals surface area contributed by atoms with Crippen molar-refractivity contribution in [2.45, 2.75) is 44.6 Å². The standard InChI is InChI=1S/C21H23NO2S.ClH/c1-14(23)21(24-19-8-9-20-17(13-19)10-11-25-20)22-18-7-6-15-4-2-3-5-16(15)12-18;/h2-5,8-11,13-14,18,21-23H,6-7,12H2,1H3;1H. The van der Waals surface area contributed by atoms with Crippen LogP contribution in [0.4, 0.5) is 0 Å². The van der Waals surface area contributed by atoms with Crippen LogP contribution in [0.3, 0.4) is 0 Å². The van der Waals surface area contributed by atoms with Gasteiger partial charge in [-0.1, -0.05) is 24.3 Å². The molecule has 138 valence electrons. The van der Waals surface area contributed by atoms with Crippen molar-refractivity contribution >= 4 is 33.8 Å². The SMILES string of the molecule is CC(O)C(NC1CCc2ccccc2C1)Oc1ccc2sccc2c1.Cl. The average Bonchev–Trinajstić information content (AvgIpc) is 3.09. The monoisotopic (exact) mass is 389 g/mol. The van der Waals surface area contributed by atoms with E-state index in [9.17, 15) is 5.11 Å². The Morgan fingerprint density at radius 1 is 1.15 bits per heavy atom. The van der Waals surface area contributed by atoms with Gasteiger partial charge in [-0.15, -0.1) is 23.7 Å². The van der Waals surface area contributed by atoms with E-state index in [1.165, 1.54) is 21.2 Å². The molecule has 0 saturated carbocycles. The number of aliphatic hydroxyl groups is 1. The van der Waals surface area contributed by atoms with Gasteiger partial charge in [-0.3, -0.25) is 5.32 Å². The van der Waals surface area contributed by atoms with E-state index in [1.54, 1.807) is 18.3 Å². The smallest absolute Gasteiger partial charge is 0.176 e. The number of rotatable bonds is 5. The zero-order chi connectivity index (χ0) is 17.2. The molecule has 0 spiro atoms. The van der Waals surface area contributed by atoms with Crippen LogP contribution in [0.15, 0.2) is 53.9 Å². The number of fused-ring (bicyclic) bond motifs is 2. The quantitative estimate of drug-likeness (QED) is 0.629. The normalized spacial score (nSPS) is 18.6. The van der Waals surface area contributed by atoms with E-state index in [0.717, 1.165) is 25.0 Å². The van der Waals surface area contributed by atoms with E-state index < -0.39 is 12.3 Å². The van der Waals surface area contributed by atoms with E-state index in [4.69, 9.17) is 4.74 Å². The minimum absolute atomic E-state index is 0. The second-order valence-electron chi connectivity index (χ2n) is 6.77. The fourth-order valence-electron chi connectivity index (χ4n) is 3.51. The second kappa shape index (κ2) is 8.40. The summed E-state index contributed by atoms with van der Waals surface area (Å²) >= 11 is 1.72. The lowest BCUT2D eigenvalue weighted by Crippen LogP contribution is -2.49. The lowest BCUT2D eigenvalue weighted by molar-refractivity contribution is 0.0181. The van der Waals surface area contributed by atoms with Crippen LogP contribution in [0.1, 0.15) is 24.5 Å². The van der Waals surface area contributed by atoms with Crippen LogP contribution in [0, 0.1) is 0 Å². The Morgan fingerprint density at radius 2 is 1.96 bits per heavy atom. The van der Waals surface area contributed by atoms with Crippen LogP contribution in [0.25, 0.3) is 10.1 Å². The van der Waals surface area contributed by atoms with E-state index in [1.807, 2.05) is 12.1 Å². The fraction of sp³-hybridized carbons (Fsp3) is 0.333. The van der Waals surface area contributed by atoms with Crippen molar-refractivity contribution in [1.29, 1.82) is 0 Å². The summed E-state index contributed by atoms with van der Waals surface area (Å²) in [5.74, 6) is 0.792. The predicted octanol–water partition coefficient (Wildman–Crippen LogP) is 4.56. The van der Waals surface area contributed by atoms with Gasteiger partial charge >= 0.3 is 0 Å². The lowest BCUT2D eigenvalue weighted by atomic mass is 9.88. The molecule has 3 atom stereocenters. The maximum Gasteiger partial charge on any atom is 0.176 e. The number of nitrogens with one attached hydrogen (secondary N) is 1. The van der Waals surface area contributed by atoms with Gasteiger partial charge in [-0.25, -0.2) is 0 Å². The molecule has 26 heavy (non-hydrogen) atoms. The number of thiophene rings is 1. The Labute approximate surface area is 164 Å². The summed E-state index contributed by atoms with van der Waals surface area (Å²) in [7, 11) is 0. The summed E-state index contributed by atoms with van der Waals surface area (Å²) in [6.07, 6.45) is 2.11. The highest BCUT2D eigenvalue weighted by molar-refractivity contribution is 7.17. The zero-order valence-electron chi connectivity index (χ0n) is 14.7. The molecule has 0 amide bonds. The number of benzene rings is 2. The molecule has 0 aliphatic heterocycles. The number of hydrogen-bond acceptors (Lipinski definition) is 4. The molecule has 2 aromatic carbocycles. The van der Waals surface area contributed by atoms with Crippen LogP contribution >= 0.6 is 23.7 Å². The first-order valence-corrected chi connectivity index (χ1v) is 9.72. The molecule has 3 unspecified atom stereocenters. The van der Waals surface area contributed by atoms with Crippen molar-refractivity contribution in [2.75, 3.05) is 0 Å². The van der Waals surface area contributed by atoms with Crippen LogP contribution in [-0.2, 0) is 12.8 Å². The first-order valence-electron chi connectivity index (χ1n) is 8.84. The van der Waals surface area contributed by atoms with Gasteiger partial charge in [0.25, 0.3) is 0 Å². The number of halogens is 1. The number of aryl methyl sites for hydroxylation is 1. The summed E-state index contributed by atoms with van der Waals surface area (Å²) in [6.45, 7) is 1.78. The molecule has 2 N–H and O–H groups in total. The molecule has 0 fully saturated rings. The van der Waals surface area contributed by atoms with Crippen molar-refractivity contribution in [2.24, 2.45) is 0 Å². The van der Waals surface area contributed by atoms with Gasteiger partial charge in [-0.2, -0.15) is 0 Å². The third kappa shape index (κ3) is 4.21. The van der Waals surface area contributed by atoms with Gasteiger partial charge in [0, 0.05) is 10.7 Å². The minimum atomic E-state index is -0.588. The van der Waals surface area contributed by atoms with Crippen molar-refractivity contribution in [3.8, 4) is 5.75 Å². The number of hydrogen-bond donors (Lipinski definition) is 2. The summed E-state index contributed by atoms with van der Waals surface area (Å²) in [6, 6.07) is 17.1. The van der Waals surface area contributed by atoms with Crippen LogP contribution in [0.5, 0.6) is 5.75 Å².